The molecule has 0 bridgehead atoms. The molecule has 6 nitrogen and oxygen atoms in total. The van der Waals surface area contributed by atoms with Gasteiger partial charge in [-0.1, -0.05) is 30.3 Å². The van der Waals surface area contributed by atoms with E-state index in [2.05, 4.69) is 0 Å². The van der Waals surface area contributed by atoms with Crippen LogP contribution in [-0.2, 0) is 25.8 Å². The Morgan fingerprint density at radius 2 is 1.30 bits per heavy atom. The molecule has 0 unspecified atom stereocenters. The minimum atomic E-state index is -4.10. The molecule has 2 aromatic rings. The Kier molecular flexibility index (Phi) is 5.61. The summed E-state index contributed by atoms with van der Waals surface area (Å²) in [6, 6.07) is 10.8. The lowest BCUT2D eigenvalue weighted by Gasteiger charge is -2.33. The molecule has 0 saturated carbocycles. The highest BCUT2D eigenvalue weighted by Gasteiger charge is 2.33. The van der Waals surface area contributed by atoms with E-state index >= 15 is 0 Å². The van der Waals surface area contributed by atoms with Crippen LogP contribution in [0.2, 0.25) is 0 Å². The minimum absolute atomic E-state index is 0.0216. The van der Waals surface area contributed by atoms with Gasteiger partial charge in [0.1, 0.15) is 11.6 Å². The first-order valence-electron chi connectivity index (χ1n) is 8.16. The fraction of sp³-hybridized carbons (Fsp3) is 0.294. The van der Waals surface area contributed by atoms with Gasteiger partial charge < -0.3 is 0 Å². The summed E-state index contributed by atoms with van der Waals surface area (Å²) in [6.07, 6.45) is 0. The standard InChI is InChI=1S/C17H18F2N2O4S2/c18-15-10-16(19)12-17(11-15)27(24,25)21-8-6-20(7-9-21)26(22,23)13-14-4-2-1-3-5-14/h1-5,10-12H,6-9,13H2. The third-order valence-corrected chi connectivity index (χ3v) is 7.98. The number of nitrogens with zero attached hydrogens (tertiary/aromatic N) is 2. The van der Waals surface area contributed by atoms with Gasteiger partial charge in [-0.15, -0.1) is 0 Å². The smallest absolute Gasteiger partial charge is 0.212 e. The average Bonchev–Trinajstić information content (AvgIpc) is 2.61. The van der Waals surface area contributed by atoms with E-state index in [0.717, 1.165) is 16.4 Å². The van der Waals surface area contributed by atoms with Gasteiger partial charge in [-0.3, -0.25) is 0 Å². The predicted molar refractivity (Wildman–Crippen MR) is 95.8 cm³/mol. The molecule has 0 radical (unpaired) electrons. The molecule has 0 amide bonds. The Morgan fingerprint density at radius 1 is 0.778 bits per heavy atom. The van der Waals surface area contributed by atoms with Crippen LogP contribution in [0.3, 0.4) is 0 Å². The van der Waals surface area contributed by atoms with Gasteiger partial charge in [0.05, 0.1) is 10.6 Å². The number of sulfonamides is 2. The highest BCUT2D eigenvalue weighted by Crippen LogP contribution is 2.21. The summed E-state index contributed by atoms with van der Waals surface area (Å²) < 4.78 is 79.1. The number of hydrogen-bond donors (Lipinski definition) is 0. The number of benzene rings is 2. The lowest BCUT2D eigenvalue weighted by atomic mass is 10.2. The second-order valence-corrected chi connectivity index (χ2v) is 10.1. The highest BCUT2D eigenvalue weighted by atomic mass is 32.2. The van der Waals surface area contributed by atoms with Crippen LogP contribution < -0.4 is 0 Å². The van der Waals surface area contributed by atoms with Crippen LogP contribution in [0.5, 0.6) is 0 Å². The molecule has 1 aliphatic heterocycles. The maximum Gasteiger partial charge on any atom is 0.243 e. The molecule has 1 fully saturated rings. The van der Waals surface area contributed by atoms with Gasteiger partial charge in [0.25, 0.3) is 0 Å². The Balaban J connectivity index is 1.71. The van der Waals surface area contributed by atoms with Gasteiger partial charge in [-0.25, -0.2) is 25.6 Å². The quantitative estimate of drug-likeness (QED) is 0.745. The summed E-state index contributed by atoms with van der Waals surface area (Å²) in [7, 11) is -7.69. The van der Waals surface area contributed by atoms with Gasteiger partial charge in [-0.2, -0.15) is 8.61 Å². The van der Waals surface area contributed by atoms with Crippen LogP contribution >= 0.6 is 0 Å². The van der Waals surface area contributed by atoms with E-state index in [1.807, 2.05) is 0 Å². The van der Waals surface area contributed by atoms with Gasteiger partial charge in [0.2, 0.25) is 20.0 Å². The van der Waals surface area contributed by atoms with Crippen LogP contribution in [0, 0.1) is 11.6 Å². The van der Waals surface area contributed by atoms with Crippen LogP contribution in [-0.4, -0.2) is 51.6 Å². The van der Waals surface area contributed by atoms with Gasteiger partial charge >= 0.3 is 0 Å². The van der Waals surface area contributed by atoms with Crippen molar-refractivity contribution in [2.45, 2.75) is 10.6 Å². The van der Waals surface area contributed by atoms with Crippen LogP contribution in [0.15, 0.2) is 53.4 Å². The number of hydrogen-bond acceptors (Lipinski definition) is 4. The van der Waals surface area contributed by atoms with Crippen molar-refractivity contribution in [1.82, 2.24) is 8.61 Å². The Bertz CT molecular complexity index is 1000. The molecule has 1 saturated heterocycles. The predicted octanol–water partition coefficient (Wildman–Crippen LogP) is 1.80. The molecular weight excluding hydrogens is 398 g/mol. The topological polar surface area (TPSA) is 74.8 Å². The molecule has 3 rings (SSSR count). The van der Waals surface area contributed by atoms with Crippen molar-refractivity contribution >= 4 is 20.0 Å². The molecule has 146 valence electrons. The van der Waals surface area contributed by atoms with Crippen LogP contribution in [0.4, 0.5) is 8.78 Å². The maximum absolute atomic E-state index is 13.3. The van der Waals surface area contributed by atoms with Gasteiger partial charge in [-0.05, 0) is 17.7 Å². The Hall–Kier alpha value is -1.88. The van der Waals surface area contributed by atoms with Crippen molar-refractivity contribution in [2.75, 3.05) is 26.2 Å². The average molecular weight is 416 g/mol. The van der Waals surface area contributed by atoms with E-state index < -0.39 is 36.6 Å². The van der Waals surface area contributed by atoms with Gasteiger partial charge in [0, 0.05) is 32.2 Å². The largest absolute Gasteiger partial charge is 0.243 e. The maximum atomic E-state index is 13.3. The van der Waals surface area contributed by atoms with Crippen molar-refractivity contribution in [3.05, 3.63) is 65.7 Å². The first kappa shape index (κ1) is 19.9. The molecule has 27 heavy (non-hydrogen) atoms. The highest BCUT2D eigenvalue weighted by molar-refractivity contribution is 7.89. The molecule has 0 aromatic heterocycles. The number of halogens is 2. The monoisotopic (exact) mass is 416 g/mol. The molecule has 0 N–H and O–H groups in total. The van der Waals surface area contributed by atoms with E-state index in [1.165, 1.54) is 4.31 Å². The van der Waals surface area contributed by atoms with E-state index in [0.29, 0.717) is 11.6 Å². The van der Waals surface area contributed by atoms with Crippen molar-refractivity contribution in [2.24, 2.45) is 0 Å². The van der Waals surface area contributed by atoms with E-state index in [1.54, 1.807) is 30.3 Å². The second kappa shape index (κ2) is 7.63. The van der Waals surface area contributed by atoms with E-state index in [4.69, 9.17) is 0 Å². The van der Waals surface area contributed by atoms with Gasteiger partial charge in [0.15, 0.2) is 0 Å². The molecule has 10 heteroatoms. The molecular formula is C17H18F2N2O4S2. The molecule has 0 atom stereocenters. The fourth-order valence-corrected chi connectivity index (χ4v) is 5.87. The summed E-state index contributed by atoms with van der Waals surface area (Å²) in [5.41, 5.74) is 0.641. The van der Waals surface area contributed by atoms with Crippen LogP contribution in [0.25, 0.3) is 0 Å². The number of piperazine rings is 1. The lowest BCUT2D eigenvalue weighted by molar-refractivity contribution is 0.272. The minimum Gasteiger partial charge on any atom is -0.212 e. The van der Waals surface area contributed by atoms with E-state index in [-0.39, 0.29) is 31.9 Å². The van der Waals surface area contributed by atoms with Crippen molar-refractivity contribution in [3.63, 3.8) is 0 Å². The van der Waals surface area contributed by atoms with Crippen molar-refractivity contribution in [3.8, 4) is 0 Å². The zero-order valence-corrected chi connectivity index (χ0v) is 15.9. The third kappa shape index (κ3) is 4.52. The van der Waals surface area contributed by atoms with Crippen LogP contribution in [0.1, 0.15) is 5.56 Å². The molecule has 1 heterocycles. The fourth-order valence-electron chi connectivity index (χ4n) is 2.89. The molecule has 0 aliphatic carbocycles. The van der Waals surface area contributed by atoms with E-state index in [9.17, 15) is 25.6 Å². The number of rotatable bonds is 5. The summed E-state index contributed by atoms with van der Waals surface area (Å²) in [5.74, 6) is -2.15. The summed E-state index contributed by atoms with van der Waals surface area (Å²) in [4.78, 5) is -0.486. The zero-order valence-electron chi connectivity index (χ0n) is 14.3. The SMILES string of the molecule is O=S(=O)(Cc1ccccc1)N1CCN(S(=O)(=O)c2cc(F)cc(F)c2)CC1. The Labute approximate surface area is 157 Å². The van der Waals surface area contributed by atoms with Crippen molar-refractivity contribution in [1.29, 1.82) is 0 Å². The second-order valence-electron chi connectivity index (χ2n) is 6.15. The Morgan fingerprint density at radius 3 is 1.85 bits per heavy atom. The normalized spacial score (nSPS) is 17.1. The molecule has 0 spiro atoms. The summed E-state index contributed by atoms with van der Waals surface area (Å²) in [6.45, 7) is -0.221. The van der Waals surface area contributed by atoms with Crippen molar-refractivity contribution < 1.29 is 25.6 Å². The summed E-state index contributed by atoms with van der Waals surface area (Å²) in [5, 5.41) is 0. The molecule has 1 aliphatic rings. The summed E-state index contributed by atoms with van der Waals surface area (Å²) >= 11 is 0. The zero-order chi connectivity index (χ0) is 19.7. The third-order valence-electron chi connectivity index (χ3n) is 4.26. The lowest BCUT2D eigenvalue weighted by Crippen LogP contribution is -2.50. The first-order chi connectivity index (χ1) is 12.7. The first-order valence-corrected chi connectivity index (χ1v) is 11.2. The molecule has 2 aromatic carbocycles.